The van der Waals surface area contributed by atoms with Crippen molar-refractivity contribution >= 4 is 11.0 Å². The molecule has 2 aromatic rings. The topological polar surface area (TPSA) is 32.6 Å². The zero-order valence-corrected chi connectivity index (χ0v) is 6.63. The molecule has 0 aliphatic rings. The Morgan fingerprint density at radius 1 is 1.45 bits per heavy atom. The monoisotopic (exact) mass is 148 g/mol. The van der Waals surface area contributed by atoms with Crippen LogP contribution in [0.2, 0.25) is 0 Å². The minimum atomic E-state index is 1.01. The van der Waals surface area contributed by atoms with Gasteiger partial charge in [-0.25, -0.2) is 0 Å². The summed E-state index contributed by atoms with van der Waals surface area (Å²) in [5.74, 6) is 0. The van der Waals surface area contributed by atoms with Crippen LogP contribution in [0.15, 0.2) is 18.2 Å². The van der Waals surface area contributed by atoms with Crippen molar-refractivity contribution < 1.29 is 4.68 Å². The molecule has 0 aliphatic carbocycles. The SMILES string of the molecule is Cc1ccc2n[nH][n+](C)c2c1. The van der Waals surface area contributed by atoms with Crippen molar-refractivity contribution in [3.63, 3.8) is 0 Å². The van der Waals surface area contributed by atoms with Gasteiger partial charge in [0.2, 0.25) is 11.0 Å². The molecule has 0 saturated heterocycles. The standard InChI is InChI=1S/C8H9N3/c1-6-3-4-7-8(5-6)11(2)10-9-7/h3-5H,1-2H3/p+1. The molecule has 11 heavy (non-hydrogen) atoms. The number of aromatic amines is 1. The Labute approximate surface area is 64.6 Å². The van der Waals surface area contributed by atoms with Gasteiger partial charge in [0.1, 0.15) is 7.05 Å². The van der Waals surface area contributed by atoms with Gasteiger partial charge in [-0.1, -0.05) is 11.3 Å². The molecule has 3 nitrogen and oxygen atoms in total. The third-order valence-electron chi connectivity index (χ3n) is 1.81. The second-order valence-electron chi connectivity index (χ2n) is 2.76. The smallest absolute Gasteiger partial charge is 0.158 e. The number of aryl methyl sites for hydroxylation is 2. The summed E-state index contributed by atoms with van der Waals surface area (Å²) in [6.07, 6.45) is 0. The maximum atomic E-state index is 4.10. The van der Waals surface area contributed by atoms with Gasteiger partial charge in [-0.15, -0.1) is 0 Å². The summed E-state index contributed by atoms with van der Waals surface area (Å²) in [6, 6.07) is 6.18. The molecule has 56 valence electrons. The lowest BCUT2D eigenvalue weighted by Gasteiger charge is -1.86. The van der Waals surface area contributed by atoms with E-state index in [1.165, 1.54) is 5.56 Å². The van der Waals surface area contributed by atoms with Gasteiger partial charge in [0.15, 0.2) is 0 Å². The van der Waals surface area contributed by atoms with Crippen LogP contribution in [0.3, 0.4) is 0 Å². The molecule has 0 aliphatic heterocycles. The first-order chi connectivity index (χ1) is 5.27. The van der Waals surface area contributed by atoms with Gasteiger partial charge in [-0.2, -0.15) is 4.68 Å². The van der Waals surface area contributed by atoms with E-state index in [0.717, 1.165) is 11.0 Å². The Kier molecular flexibility index (Phi) is 1.18. The summed E-state index contributed by atoms with van der Waals surface area (Å²) in [6.45, 7) is 2.08. The highest BCUT2D eigenvalue weighted by molar-refractivity contribution is 5.70. The Bertz CT molecular complexity index is 389. The zero-order valence-electron chi connectivity index (χ0n) is 6.63. The predicted molar refractivity (Wildman–Crippen MR) is 42.0 cm³/mol. The van der Waals surface area contributed by atoms with Crippen molar-refractivity contribution in [3.8, 4) is 0 Å². The molecule has 2 rings (SSSR count). The van der Waals surface area contributed by atoms with Crippen LogP contribution in [-0.2, 0) is 7.05 Å². The molecule has 0 radical (unpaired) electrons. The molecular formula is C8H10N3+. The van der Waals surface area contributed by atoms with E-state index in [4.69, 9.17) is 0 Å². The van der Waals surface area contributed by atoms with E-state index in [1.54, 1.807) is 0 Å². The van der Waals surface area contributed by atoms with E-state index in [9.17, 15) is 0 Å². The highest BCUT2D eigenvalue weighted by Gasteiger charge is 2.07. The summed E-state index contributed by atoms with van der Waals surface area (Å²) in [5.41, 5.74) is 3.41. The molecule has 1 aromatic carbocycles. The van der Waals surface area contributed by atoms with Crippen molar-refractivity contribution in [1.29, 1.82) is 0 Å². The largest absolute Gasteiger partial charge is 0.248 e. The van der Waals surface area contributed by atoms with Crippen LogP contribution in [0.4, 0.5) is 0 Å². The lowest BCUT2D eigenvalue weighted by Crippen LogP contribution is -2.30. The third kappa shape index (κ3) is 0.888. The van der Waals surface area contributed by atoms with E-state index in [2.05, 4.69) is 29.4 Å². The molecule has 1 aromatic heterocycles. The zero-order chi connectivity index (χ0) is 7.84. The van der Waals surface area contributed by atoms with Crippen LogP contribution >= 0.6 is 0 Å². The number of benzene rings is 1. The van der Waals surface area contributed by atoms with Crippen LogP contribution in [-0.4, -0.2) is 10.3 Å². The average molecular weight is 148 g/mol. The Morgan fingerprint density at radius 2 is 2.27 bits per heavy atom. The molecule has 1 heterocycles. The van der Waals surface area contributed by atoms with Crippen molar-refractivity contribution in [2.24, 2.45) is 7.05 Å². The molecule has 0 amide bonds. The minimum absolute atomic E-state index is 1.01. The number of aromatic nitrogens is 3. The van der Waals surface area contributed by atoms with E-state index in [1.807, 2.05) is 17.8 Å². The fourth-order valence-corrected chi connectivity index (χ4v) is 1.18. The average Bonchev–Trinajstić information content (AvgIpc) is 2.33. The van der Waals surface area contributed by atoms with Crippen LogP contribution < -0.4 is 4.68 Å². The van der Waals surface area contributed by atoms with E-state index < -0.39 is 0 Å². The van der Waals surface area contributed by atoms with E-state index in [0.29, 0.717) is 0 Å². The summed E-state index contributed by atoms with van der Waals surface area (Å²) in [7, 11) is 1.95. The number of nitrogens with one attached hydrogen (secondary N) is 1. The summed E-state index contributed by atoms with van der Waals surface area (Å²) >= 11 is 0. The van der Waals surface area contributed by atoms with Crippen molar-refractivity contribution in [1.82, 2.24) is 10.3 Å². The van der Waals surface area contributed by atoms with Gasteiger partial charge in [-0.3, -0.25) is 0 Å². The number of hydrogen-bond donors (Lipinski definition) is 1. The van der Waals surface area contributed by atoms with Crippen molar-refractivity contribution in [3.05, 3.63) is 23.8 Å². The number of nitrogens with zero attached hydrogens (tertiary/aromatic N) is 2. The summed E-state index contributed by atoms with van der Waals surface area (Å²) in [5, 5.41) is 6.97. The second kappa shape index (κ2) is 2.05. The van der Waals surface area contributed by atoms with Crippen LogP contribution in [0.25, 0.3) is 11.0 Å². The van der Waals surface area contributed by atoms with Gasteiger partial charge in [0.25, 0.3) is 0 Å². The quantitative estimate of drug-likeness (QED) is 0.548. The Hall–Kier alpha value is -1.38. The molecule has 0 spiro atoms. The number of fused-ring (bicyclic) bond motifs is 1. The fourth-order valence-electron chi connectivity index (χ4n) is 1.18. The molecule has 0 bridgehead atoms. The maximum absolute atomic E-state index is 4.10. The van der Waals surface area contributed by atoms with Crippen molar-refractivity contribution in [2.45, 2.75) is 6.92 Å². The van der Waals surface area contributed by atoms with Gasteiger partial charge < -0.3 is 0 Å². The molecule has 0 atom stereocenters. The Balaban J connectivity index is 2.87. The number of hydrogen-bond acceptors (Lipinski definition) is 1. The van der Waals surface area contributed by atoms with E-state index in [-0.39, 0.29) is 0 Å². The van der Waals surface area contributed by atoms with Crippen LogP contribution in [0.5, 0.6) is 0 Å². The molecule has 3 heteroatoms. The second-order valence-corrected chi connectivity index (χ2v) is 2.76. The molecule has 0 unspecified atom stereocenters. The fraction of sp³-hybridized carbons (Fsp3) is 0.250. The summed E-state index contributed by atoms with van der Waals surface area (Å²) < 4.78 is 1.91. The van der Waals surface area contributed by atoms with Gasteiger partial charge in [0.05, 0.1) is 0 Å². The maximum Gasteiger partial charge on any atom is 0.248 e. The number of H-pyrrole nitrogens is 1. The van der Waals surface area contributed by atoms with Gasteiger partial charge in [0, 0.05) is 5.10 Å². The third-order valence-corrected chi connectivity index (χ3v) is 1.81. The van der Waals surface area contributed by atoms with Crippen LogP contribution in [0.1, 0.15) is 5.56 Å². The first-order valence-corrected chi connectivity index (χ1v) is 3.58. The normalized spacial score (nSPS) is 10.7. The van der Waals surface area contributed by atoms with E-state index >= 15 is 0 Å². The molecular weight excluding hydrogens is 138 g/mol. The van der Waals surface area contributed by atoms with Crippen LogP contribution in [0, 0.1) is 6.92 Å². The molecule has 0 saturated carbocycles. The lowest BCUT2D eigenvalue weighted by molar-refractivity contribution is -0.707. The molecule has 1 N–H and O–H groups in total. The van der Waals surface area contributed by atoms with Crippen molar-refractivity contribution in [2.75, 3.05) is 0 Å². The highest BCUT2D eigenvalue weighted by Crippen LogP contribution is 2.07. The lowest BCUT2D eigenvalue weighted by atomic mass is 10.2. The minimum Gasteiger partial charge on any atom is -0.158 e. The van der Waals surface area contributed by atoms with Gasteiger partial charge >= 0.3 is 0 Å². The predicted octanol–water partition coefficient (Wildman–Crippen LogP) is 0.696. The summed E-state index contributed by atoms with van der Waals surface area (Å²) in [4.78, 5) is 0. The van der Waals surface area contributed by atoms with Gasteiger partial charge in [-0.05, 0) is 24.6 Å². The number of rotatable bonds is 0. The highest BCUT2D eigenvalue weighted by atomic mass is 15.4. The first kappa shape index (κ1) is 6.34. The first-order valence-electron chi connectivity index (χ1n) is 3.58. The Morgan fingerprint density at radius 3 is 3.09 bits per heavy atom. The molecule has 0 fully saturated rings.